The molecule has 1 aliphatic heterocycles. The minimum absolute atomic E-state index is 0.0927. The summed E-state index contributed by atoms with van der Waals surface area (Å²) >= 11 is 0.967. The van der Waals surface area contributed by atoms with Crippen LogP contribution in [0.2, 0.25) is 0 Å². The number of Topliss-reactive ketones (excluding diaryl/α,β-unsaturated/α-hetero) is 1. The first kappa shape index (κ1) is 22.0. The second-order valence-electron chi connectivity index (χ2n) is 6.30. The molecule has 1 aromatic carbocycles. The lowest BCUT2D eigenvalue weighted by molar-refractivity contribution is -0.112. The van der Waals surface area contributed by atoms with Crippen molar-refractivity contribution in [2.75, 3.05) is 32.1 Å². The highest BCUT2D eigenvalue weighted by Crippen LogP contribution is 2.27. The number of carbonyl (C=O) groups is 1. The summed E-state index contributed by atoms with van der Waals surface area (Å²) in [5.41, 5.74) is 5.99. The van der Waals surface area contributed by atoms with Gasteiger partial charge >= 0.3 is 0 Å². The number of nitrogens with zero attached hydrogens (tertiary/aromatic N) is 4. The number of morpholine rings is 1. The minimum Gasteiger partial charge on any atom is -0.411 e. The fraction of sp³-hybridized carbons (Fsp3) is 0.333. The molecule has 2 heterocycles. The van der Waals surface area contributed by atoms with Gasteiger partial charge in [-0.1, -0.05) is 17.8 Å². The van der Waals surface area contributed by atoms with Gasteiger partial charge in [-0.3, -0.25) is 4.79 Å². The molecular formula is C18H19N5O5S2. The Morgan fingerprint density at radius 1 is 1.33 bits per heavy atom. The maximum absolute atomic E-state index is 12.8. The van der Waals surface area contributed by atoms with Crippen LogP contribution in [0.25, 0.3) is 11.5 Å². The smallest absolute Gasteiger partial charge is 0.277 e. The summed E-state index contributed by atoms with van der Waals surface area (Å²) in [6.07, 6.45) is 0. The first-order valence-corrected chi connectivity index (χ1v) is 11.3. The predicted octanol–water partition coefficient (Wildman–Crippen LogP) is 1.17. The summed E-state index contributed by atoms with van der Waals surface area (Å²) in [5.74, 6) is -0.416. The number of rotatable bonds is 7. The van der Waals surface area contributed by atoms with Gasteiger partial charge in [0, 0.05) is 24.4 Å². The summed E-state index contributed by atoms with van der Waals surface area (Å²) in [4.78, 5) is 12.1. The van der Waals surface area contributed by atoms with Gasteiger partial charge in [0.2, 0.25) is 15.9 Å². The number of aromatic nitrogens is 2. The summed E-state index contributed by atoms with van der Waals surface area (Å²) in [5, 5.41) is 16.9. The van der Waals surface area contributed by atoms with Crippen LogP contribution in [0.4, 0.5) is 0 Å². The molecule has 1 aromatic heterocycles. The Morgan fingerprint density at radius 3 is 2.73 bits per heavy atom. The first-order valence-electron chi connectivity index (χ1n) is 8.87. The van der Waals surface area contributed by atoms with E-state index in [1.54, 1.807) is 18.2 Å². The lowest BCUT2D eigenvalue weighted by atomic mass is 10.2. The molecule has 1 aliphatic rings. The Labute approximate surface area is 177 Å². The van der Waals surface area contributed by atoms with Gasteiger partial charge in [0.25, 0.3) is 5.22 Å². The number of hydrogen-bond donors (Lipinski definition) is 1. The normalized spacial score (nSPS) is 16.0. The van der Waals surface area contributed by atoms with Crippen LogP contribution in [0.3, 0.4) is 0 Å². The maximum atomic E-state index is 12.8. The van der Waals surface area contributed by atoms with Gasteiger partial charge in [-0.2, -0.15) is 9.57 Å². The number of thioether (sulfide) groups is 1. The molecule has 0 saturated carbocycles. The monoisotopic (exact) mass is 449 g/mol. The molecule has 0 atom stereocenters. The third-order valence-electron chi connectivity index (χ3n) is 4.21. The van der Waals surface area contributed by atoms with Crippen LogP contribution < -0.4 is 5.73 Å². The van der Waals surface area contributed by atoms with E-state index in [-0.39, 0.29) is 33.0 Å². The van der Waals surface area contributed by atoms with Crippen molar-refractivity contribution in [1.82, 2.24) is 14.5 Å². The van der Waals surface area contributed by atoms with Crippen molar-refractivity contribution in [2.45, 2.75) is 17.0 Å². The van der Waals surface area contributed by atoms with E-state index in [0.717, 1.165) is 11.8 Å². The van der Waals surface area contributed by atoms with Crippen LogP contribution in [0.5, 0.6) is 0 Å². The van der Waals surface area contributed by atoms with Crippen LogP contribution in [0.15, 0.2) is 50.1 Å². The fourth-order valence-electron chi connectivity index (χ4n) is 2.68. The van der Waals surface area contributed by atoms with Crippen molar-refractivity contribution >= 4 is 27.6 Å². The average Bonchev–Trinajstić information content (AvgIpc) is 3.22. The molecule has 0 bridgehead atoms. The van der Waals surface area contributed by atoms with Crippen molar-refractivity contribution in [1.29, 1.82) is 5.26 Å². The number of allylic oxidation sites excluding steroid dienone is 2. The van der Waals surface area contributed by atoms with Crippen LogP contribution >= 0.6 is 11.8 Å². The van der Waals surface area contributed by atoms with E-state index in [4.69, 9.17) is 20.1 Å². The van der Waals surface area contributed by atoms with Crippen molar-refractivity contribution < 1.29 is 22.4 Å². The minimum atomic E-state index is -3.66. The molecule has 1 saturated heterocycles. The first-order chi connectivity index (χ1) is 14.3. The largest absolute Gasteiger partial charge is 0.411 e. The molecular weight excluding hydrogens is 430 g/mol. The molecule has 12 heteroatoms. The van der Waals surface area contributed by atoms with Gasteiger partial charge < -0.3 is 14.9 Å². The van der Waals surface area contributed by atoms with E-state index in [1.807, 2.05) is 0 Å². The van der Waals surface area contributed by atoms with Gasteiger partial charge in [0.05, 0.1) is 23.9 Å². The molecule has 2 N–H and O–H groups in total. The maximum Gasteiger partial charge on any atom is 0.277 e. The zero-order valence-electron chi connectivity index (χ0n) is 16.1. The molecule has 2 aromatic rings. The molecule has 0 radical (unpaired) electrons. The van der Waals surface area contributed by atoms with Crippen LogP contribution in [-0.2, 0) is 19.6 Å². The van der Waals surface area contributed by atoms with Gasteiger partial charge in [0.1, 0.15) is 11.6 Å². The highest BCUT2D eigenvalue weighted by molar-refractivity contribution is 7.99. The molecule has 0 unspecified atom stereocenters. The lowest BCUT2D eigenvalue weighted by Crippen LogP contribution is -2.40. The molecule has 10 nitrogen and oxygen atoms in total. The third-order valence-corrected chi connectivity index (χ3v) is 6.92. The zero-order chi connectivity index (χ0) is 21.7. The Bertz CT molecular complexity index is 1110. The van der Waals surface area contributed by atoms with Crippen LogP contribution in [-0.4, -0.2) is 60.8 Å². The predicted molar refractivity (Wildman–Crippen MR) is 108 cm³/mol. The summed E-state index contributed by atoms with van der Waals surface area (Å²) in [6.45, 7) is 2.78. The highest BCUT2D eigenvalue weighted by atomic mass is 32.2. The molecule has 0 amide bonds. The van der Waals surface area contributed by atoms with Gasteiger partial charge in [0.15, 0.2) is 5.78 Å². The second kappa shape index (κ2) is 9.40. The number of ketones is 1. The van der Waals surface area contributed by atoms with E-state index in [1.165, 1.54) is 23.4 Å². The Kier molecular flexibility index (Phi) is 6.88. The zero-order valence-corrected chi connectivity index (χ0v) is 17.7. The number of carbonyl (C=O) groups excluding carboxylic acids is 1. The van der Waals surface area contributed by atoms with Gasteiger partial charge in [-0.05, 0) is 25.1 Å². The fourth-order valence-corrected chi connectivity index (χ4v) is 4.77. The number of ether oxygens (including phenoxy) is 1. The van der Waals surface area contributed by atoms with Crippen molar-refractivity contribution in [3.63, 3.8) is 0 Å². The van der Waals surface area contributed by atoms with Gasteiger partial charge in [-0.25, -0.2) is 8.42 Å². The topological polar surface area (TPSA) is 152 Å². The van der Waals surface area contributed by atoms with E-state index in [0.29, 0.717) is 31.9 Å². The number of hydrogen-bond acceptors (Lipinski definition) is 10. The standard InChI is InChI=1S/C18H19N5O5S2/c1-12(20)15(10-19)16(24)11-29-18-22-21-17(28-18)13-3-2-4-14(9-13)30(25,26)23-5-7-27-8-6-23/h2-4,9H,5-8,11,20H2,1H3/b15-12-. The van der Waals surface area contributed by atoms with Crippen LogP contribution in [0.1, 0.15) is 6.92 Å². The summed E-state index contributed by atoms with van der Waals surface area (Å²) < 4.78 is 37.8. The number of nitriles is 1. The summed E-state index contributed by atoms with van der Waals surface area (Å²) in [7, 11) is -3.66. The van der Waals surface area contributed by atoms with E-state index < -0.39 is 15.8 Å². The lowest BCUT2D eigenvalue weighted by Gasteiger charge is -2.26. The van der Waals surface area contributed by atoms with Crippen molar-refractivity contribution in [3.8, 4) is 17.5 Å². The van der Waals surface area contributed by atoms with Crippen LogP contribution in [0, 0.1) is 11.3 Å². The molecule has 0 spiro atoms. The average molecular weight is 450 g/mol. The number of nitrogens with two attached hydrogens (primary N) is 1. The Morgan fingerprint density at radius 2 is 2.07 bits per heavy atom. The van der Waals surface area contributed by atoms with Crippen molar-refractivity contribution in [2.24, 2.45) is 5.73 Å². The van der Waals surface area contributed by atoms with E-state index >= 15 is 0 Å². The van der Waals surface area contributed by atoms with Gasteiger partial charge in [-0.15, -0.1) is 10.2 Å². The highest BCUT2D eigenvalue weighted by Gasteiger charge is 2.27. The molecule has 30 heavy (non-hydrogen) atoms. The Balaban J connectivity index is 1.75. The summed E-state index contributed by atoms with van der Waals surface area (Å²) in [6, 6.07) is 7.99. The quantitative estimate of drug-likeness (QED) is 0.370. The van der Waals surface area contributed by atoms with E-state index in [2.05, 4.69) is 10.2 Å². The SMILES string of the molecule is C/C(N)=C(\C#N)C(=O)CSc1nnc(-c2cccc(S(=O)(=O)N3CCOCC3)c2)o1. The molecule has 0 aliphatic carbocycles. The molecule has 1 fully saturated rings. The number of sulfonamides is 1. The molecule has 3 rings (SSSR count). The number of benzene rings is 1. The molecule has 158 valence electrons. The third kappa shape index (κ3) is 4.88. The Hall–Kier alpha value is -2.72. The second-order valence-corrected chi connectivity index (χ2v) is 9.16. The van der Waals surface area contributed by atoms with Crippen molar-refractivity contribution in [3.05, 3.63) is 35.5 Å². The van der Waals surface area contributed by atoms with E-state index in [9.17, 15) is 13.2 Å².